The maximum atomic E-state index is 11.9. The lowest BCUT2D eigenvalue weighted by atomic mass is 10.1. The number of anilines is 2. The SMILES string of the molecule is CCOC(=O)c1cc(N)ccc1N(C)CC(=O)N(C)C. The molecule has 1 amide bonds. The van der Waals surface area contributed by atoms with E-state index in [9.17, 15) is 9.59 Å². The van der Waals surface area contributed by atoms with Crippen molar-refractivity contribution in [2.24, 2.45) is 0 Å². The Balaban J connectivity index is 3.04. The summed E-state index contributed by atoms with van der Waals surface area (Å²) < 4.78 is 5.01. The highest BCUT2D eigenvalue weighted by atomic mass is 16.5. The Morgan fingerprint density at radius 2 is 1.90 bits per heavy atom. The molecule has 0 aliphatic carbocycles. The maximum absolute atomic E-state index is 11.9. The van der Waals surface area contributed by atoms with Crippen LogP contribution in [0.3, 0.4) is 0 Å². The zero-order valence-corrected chi connectivity index (χ0v) is 12.3. The first kappa shape index (κ1) is 15.8. The Kier molecular flexibility index (Phi) is 5.37. The maximum Gasteiger partial charge on any atom is 0.340 e. The predicted molar refractivity (Wildman–Crippen MR) is 78.8 cm³/mol. The van der Waals surface area contributed by atoms with Crippen LogP contribution in [-0.4, -0.2) is 51.1 Å². The molecule has 0 heterocycles. The number of nitrogens with two attached hydrogens (primary N) is 1. The molecule has 0 aliphatic heterocycles. The number of carbonyl (C=O) groups excluding carboxylic acids is 2. The second-order valence-electron chi connectivity index (χ2n) is 4.64. The number of rotatable bonds is 5. The van der Waals surface area contributed by atoms with E-state index in [2.05, 4.69) is 0 Å². The fourth-order valence-corrected chi connectivity index (χ4v) is 1.69. The summed E-state index contributed by atoms with van der Waals surface area (Å²) in [6.07, 6.45) is 0. The van der Waals surface area contributed by atoms with Gasteiger partial charge < -0.3 is 20.3 Å². The molecular formula is C14H21N3O3. The molecule has 6 heteroatoms. The smallest absolute Gasteiger partial charge is 0.340 e. The lowest BCUT2D eigenvalue weighted by molar-refractivity contribution is -0.127. The van der Waals surface area contributed by atoms with Gasteiger partial charge in [0.05, 0.1) is 24.4 Å². The summed E-state index contributed by atoms with van der Waals surface area (Å²) in [6, 6.07) is 4.96. The molecule has 0 spiro atoms. The van der Waals surface area contributed by atoms with Crippen LogP contribution in [0.25, 0.3) is 0 Å². The van der Waals surface area contributed by atoms with Gasteiger partial charge in [-0.05, 0) is 25.1 Å². The van der Waals surface area contributed by atoms with E-state index in [1.165, 1.54) is 4.90 Å². The molecule has 0 saturated heterocycles. The second-order valence-corrected chi connectivity index (χ2v) is 4.64. The number of carbonyl (C=O) groups is 2. The summed E-state index contributed by atoms with van der Waals surface area (Å²) >= 11 is 0. The first-order valence-corrected chi connectivity index (χ1v) is 6.34. The summed E-state index contributed by atoms with van der Waals surface area (Å²) in [4.78, 5) is 26.9. The summed E-state index contributed by atoms with van der Waals surface area (Å²) in [5.74, 6) is -0.502. The van der Waals surface area contributed by atoms with Gasteiger partial charge in [0, 0.05) is 26.8 Å². The van der Waals surface area contributed by atoms with Gasteiger partial charge in [-0.1, -0.05) is 0 Å². The third-order valence-electron chi connectivity index (χ3n) is 2.80. The van der Waals surface area contributed by atoms with Crippen LogP contribution in [-0.2, 0) is 9.53 Å². The number of benzene rings is 1. The number of nitrogen functional groups attached to an aromatic ring is 1. The third-order valence-corrected chi connectivity index (χ3v) is 2.80. The van der Waals surface area contributed by atoms with E-state index < -0.39 is 5.97 Å². The predicted octanol–water partition coefficient (Wildman–Crippen LogP) is 0.970. The minimum atomic E-state index is -0.445. The van der Waals surface area contributed by atoms with Gasteiger partial charge in [-0.15, -0.1) is 0 Å². The van der Waals surface area contributed by atoms with Gasteiger partial charge in [-0.3, -0.25) is 4.79 Å². The van der Waals surface area contributed by atoms with Crippen LogP contribution in [0.4, 0.5) is 11.4 Å². The van der Waals surface area contributed by atoms with Gasteiger partial charge in [-0.2, -0.15) is 0 Å². The van der Waals surface area contributed by atoms with Crippen molar-refractivity contribution >= 4 is 23.3 Å². The molecule has 1 aromatic rings. The normalized spacial score (nSPS) is 10.0. The molecule has 0 aromatic heterocycles. The number of amides is 1. The summed E-state index contributed by atoms with van der Waals surface area (Å²) in [5.41, 5.74) is 7.17. The first-order chi connectivity index (χ1) is 9.36. The fraction of sp³-hybridized carbons (Fsp3) is 0.429. The highest BCUT2D eigenvalue weighted by Gasteiger charge is 2.18. The minimum absolute atomic E-state index is 0.0564. The van der Waals surface area contributed by atoms with Gasteiger partial charge in [-0.25, -0.2) is 4.79 Å². The Labute approximate surface area is 119 Å². The van der Waals surface area contributed by atoms with Crippen LogP contribution in [0.1, 0.15) is 17.3 Å². The standard InChI is InChI=1S/C14H21N3O3/c1-5-20-14(19)11-8-10(15)6-7-12(11)17(4)9-13(18)16(2)3/h6-8H,5,9,15H2,1-4H3. The van der Waals surface area contributed by atoms with Crippen LogP contribution >= 0.6 is 0 Å². The van der Waals surface area contributed by atoms with Crippen molar-refractivity contribution in [3.05, 3.63) is 23.8 Å². The van der Waals surface area contributed by atoms with E-state index in [1.54, 1.807) is 51.2 Å². The number of hydrogen-bond donors (Lipinski definition) is 1. The molecular weight excluding hydrogens is 258 g/mol. The van der Waals surface area contributed by atoms with E-state index in [0.29, 0.717) is 16.9 Å². The number of nitrogens with zero attached hydrogens (tertiary/aromatic N) is 2. The van der Waals surface area contributed by atoms with E-state index in [-0.39, 0.29) is 19.1 Å². The Hall–Kier alpha value is -2.24. The largest absolute Gasteiger partial charge is 0.462 e. The Morgan fingerprint density at radius 1 is 1.25 bits per heavy atom. The molecule has 0 unspecified atom stereocenters. The van der Waals surface area contributed by atoms with Crippen LogP contribution < -0.4 is 10.6 Å². The van der Waals surface area contributed by atoms with E-state index in [4.69, 9.17) is 10.5 Å². The molecule has 0 atom stereocenters. The van der Waals surface area contributed by atoms with Crippen molar-refractivity contribution in [2.75, 3.05) is 44.9 Å². The monoisotopic (exact) mass is 279 g/mol. The molecule has 0 saturated carbocycles. The average Bonchev–Trinajstić information content (AvgIpc) is 2.38. The van der Waals surface area contributed by atoms with Crippen molar-refractivity contribution < 1.29 is 14.3 Å². The van der Waals surface area contributed by atoms with Gasteiger partial charge in [0.25, 0.3) is 0 Å². The molecule has 0 aliphatic rings. The van der Waals surface area contributed by atoms with Crippen molar-refractivity contribution in [1.82, 2.24) is 4.90 Å². The van der Waals surface area contributed by atoms with Crippen LogP contribution in [0.5, 0.6) is 0 Å². The Morgan fingerprint density at radius 3 is 2.45 bits per heavy atom. The Bertz CT molecular complexity index is 500. The first-order valence-electron chi connectivity index (χ1n) is 6.34. The minimum Gasteiger partial charge on any atom is -0.462 e. The highest BCUT2D eigenvalue weighted by Crippen LogP contribution is 2.23. The molecule has 6 nitrogen and oxygen atoms in total. The zero-order valence-electron chi connectivity index (χ0n) is 12.3. The summed E-state index contributed by atoms with van der Waals surface area (Å²) in [6.45, 7) is 2.19. The third kappa shape index (κ3) is 3.88. The fourth-order valence-electron chi connectivity index (χ4n) is 1.69. The lowest BCUT2D eigenvalue weighted by Crippen LogP contribution is -2.35. The number of likely N-dealkylation sites (N-methyl/N-ethyl adjacent to an activating group) is 2. The van der Waals surface area contributed by atoms with Crippen molar-refractivity contribution in [2.45, 2.75) is 6.92 Å². The van der Waals surface area contributed by atoms with Crippen molar-refractivity contribution in [3.8, 4) is 0 Å². The van der Waals surface area contributed by atoms with E-state index in [0.717, 1.165) is 0 Å². The highest BCUT2D eigenvalue weighted by molar-refractivity contribution is 5.97. The summed E-state index contributed by atoms with van der Waals surface area (Å²) in [7, 11) is 5.12. The summed E-state index contributed by atoms with van der Waals surface area (Å²) in [5, 5.41) is 0. The average molecular weight is 279 g/mol. The molecule has 0 fully saturated rings. The van der Waals surface area contributed by atoms with E-state index >= 15 is 0 Å². The number of ether oxygens (including phenoxy) is 1. The quantitative estimate of drug-likeness (QED) is 0.642. The van der Waals surface area contributed by atoms with Gasteiger partial charge in [0.15, 0.2) is 0 Å². The van der Waals surface area contributed by atoms with Gasteiger partial charge >= 0.3 is 5.97 Å². The molecule has 1 rings (SSSR count). The molecule has 20 heavy (non-hydrogen) atoms. The van der Waals surface area contributed by atoms with Crippen LogP contribution in [0, 0.1) is 0 Å². The molecule has 0 bridgehead atoms. The number of esters is 1. The topological polar surface area (TPSA) is 75.9 Å². The van der Waals surface area contributed by atoms with E-state index in [1.807, 2.05) is 0 Å². The zero-order chi connectivity index (χ0) is 15.3. The number of hydrogen-bond acceptors (Lipinski definition) is 5. The molecule has 2 N–H and O–H groups in total. The lowest BCUT2D eigenvalue weighted by Gasteiger charge is -2.23. The van der Waals surface area contributed by atoms with Crippen molar-refractivity contribution in [1.29, 1.82) is 0 Å². The molecule has 1 aromatic carbocycles. The van der Waals surface area contributed by atoms with Crippen LogP contribution in [0.2, 0.25) is 0 Å². The molecule has 0 radical (unpaired) electrons. The molecule has 110 valence electrons. The van der Waals surface area contributed by atoms with Crippen LogP contribution in [0.15, 0.2) is 18.2 Å². The second kappa shape index (κ2) is 6.79. The van der Waals surface area contributed by atoms with Crippen molar-refractivity contribution in [3.63, 3.8) is 0 Å². The van der Waals surface area contributed by atoms with Gasteiger partial charge in [0.2, 0.25) is 5.91 Å². The van der Waals surface area contributed by atoms with Gasteiger partial charge in [0.1, 0.15) is 0 Å².